The third-order valence-electron chi connectivity index (χ3n) is 3.12. The zero-order valence-corrected chi connectivity index (χ0v) is 13.1. The Hall–Kier alpha value is -2.33. The highest BCUT2D eigenvalue weighted by atomic mass is 35.5. The normalized spacial score (nSPS) is 10.1. The van der Waals surface area contributed by atoms with Gasteiger partial charge in [0.15, 0.2) is 12.9 Å². The summed E-state index contributed by atoms with van der Waals surface area (Å²) in [6.45, 7) is 3.69. The number of carbonyl (C=O) groups excluding carboxylic acids is 2. The Labute approximate surface area is 134 Å². The SMILES string of the molecule is Cc1ccc(C)c(NC(=O)COc2ccc(Cl)cc2C=O)c1. The van der Waals surface area contributed by atoms with Crippen LogP contribution in [-0.4, -0.2) is 18.8 Å². The molecule has 5 heteroatoms. The molecule has 0 aliphatic heterocycles. The second-order valence-electron chi connectivity index (χ2n) is 4.96. The van der Waals surface area contributed by atoms with Crippen molar-refractivity contribution in [2.45, 2.75) is 13.8 Å². The number of aryl methyl sites for hydroxylation is 2. The van der Waals surface area contributed by atoms with Crippen molar-refractivity contribution in [2.75, 3.05) is 11.9 Å². The molecule has 0 saturated heterocycles. The first-order chi connectivity index (χ1) is 10.5. The van der Waals surface area contributed by atoms with Crippen LogP contribution in [0.1, 0.15) is 21.5 Å². The number of anilines is 1. The number of aldehydes is 1. The van der Waals surface area contributed by atoms with Gasteiger partial charge in [0.25, 0.3) is 5.91 Å². The summed E-state index contributed by atoms with van der Waals surface area (Å²) in [5, 5.41) is 3.23. The topological polar surface area (TPSA) is 55.4 Å². The number of rotatable bonds is 5. The second-order valence-corrected chi connectivity index (χ2v) is 5.39. The molecule has 2 aromatic carbocycles. The molecule has 22 heavy (non-hydrogen) atoms. The third-order valence-corrected chi connectivity index (χ3v) is 3.36. The Morgan fingerprint density at radius 2 is 2.00 bits per heavy atom. The fourth-order valence-corrected chi connectivity index (χ4v) is 2.12. The molecule has 0 aromatic heterocycles. The molecule has 0 fully saturated rings. The number of halogens is 1. The first-order valence-electron chi connectivity index (χ1n) is 6.74. The predicted octanol–water partition coefficient (Wildman–Crippen LogP) is 3.79. The summed E-state index contributed by atoms with van der Waals surface area (Å²) < 4.78 is 5.39. The number of amides is 1. The van der Waals surface area contributed by atoms with Gasteiger partial charge in [0.1, 0.15) is 5.75 Å². The van der Waals surface area contributed by atoms with Crippen LogP contribution in [0.5, 0.6) is 5.75 Å². The molecular formula is C17H16ClNO3. The fourth-order valence-electron chi connectivity index (χ4n) is 1.94. The Kier molecular flexibility index (Phi) is 5.17. The smallest absolute Gasteiger partial charge is 0.262 e. The van der Waals surface area contributed by atoms with Gasteiger partial charge < -0.3 is 10.1 Å². The van der Waals surface area contributed by atoms with Crippen LogP contribution in [0.25, 0.3) is 0 Å². The van der Waals surface area contributed by atoms with Crippen LogP contribution in [0.3, 0.4) is 0 Å². The van der Waals surface area contributed by atoms with Gasteiger partial charge in [-0.2, -0.15) is 0 Å². The van der Waals surface area contributed by atoms with E-state index in [4.69, 9.17) is 16.3 Å². The van der Waals surface area contributed by atoms with Gasteiger partial charge in [-0.05, 0) is 49.2 Å². The third kappa shape index (κ3) is 4.09. The Balaban J connectivity index is 2.01. The van der Waals surface area contributed by atoms with E-state index >= 15 is 0 Å². The minimum absolute atomic E-state index is 0.185. The number of hydrogen-bond acceptors (Lipinski definition) is 3. The Morgan fingerprint density at radius 1 is 1.23 bits per heavy atom. The lowest BCUT2D eigenvalue weighted by Crippen LogP contribution is -2.21. The zero-order chi connectivity index (χ0) is 16.1. The lowest BCUT2D eigenvalue weighted by atomic mass is 10.1. The van der Waals surface area contributed by atoms with Crippen LogP contribution in [0.4, 0.5) is 5.69 Å². The predicted molar refractivity (Wildman–Crippen MR) is 86.9 cm³/mol. The highest BCUT2D eigenvalue weighted by Gasteiger charge is 2.09. The van der Waals surface area contributed by atoms with Crippen molar-refractivity contribution < 1.29 is 14.3 Å². The molecule has 4 nitrogen and oxygen atoms in total. The lowest BCUT2D eigenvalue weighted by Gasteiger charge is -2.11. The first-order valence-corrected chi connectivity index (χ1v) is 7.12. The minimum Gasteiger partial charge on any atom is -0.483 e. The summed E-state index contributed by atoms with van der Waals surface area (Å²) in [7, 11) is 0. The van der Waals surface area contributed by atoms with Crippen molar-refractivity contribution in [3.05, 3.63) is 58.1 Å². The van der Waals surface area contributed by atoms with Gasteiger partial charge >= 0.3 is 0 Å². The van der Waals surface area contributed by atoms with E-state index in [1.165, 1.54) is 6.07 Å². The van der Waals surface area contributed by atoms with E-state index in [0.717, 1.165) is 16.8 Å². The molecule has 0 saturated carbocycles. The summed E-state index contributed by atoms with van der Waals surface area (Å²) >= 11 is 5.80. The Bertz CT molecular complexity index is 713. The summed E-state index contributed by atoms with van der Waals surface area (Å²) in [5.74, 6) is 0.0380. The highest BCUT2D eigenvalue weighted by Crippen LogP contribution is 2.21. The molecule has 0 unspecified atom stereocenters. The number of carbonyl (C=O) groups is 2. The van der Waals surface area contributed by atoms with Gasteiger partial charge in [-0.25, -0.2) is 0 Å². The van der Waals surface area contributed by atoms with E-state index in [0.29, 0.717) is 22.6 Å². The summed E-state index contributed by atoms with van der Waals surface area (Å²) in [6.07, 6.45) is 0.643. The van der Waals surface area contributed by atoms with Gasteiger partial charge in [-0.15, -0.1) is 0 Å². The van der Waals surface area contributed by atoms with Gasteiger partial charge in [0.05, 0.1) is 5.56 Å². The van der Waals surface area contributed by atoms with Gasteiger partial charge in [-0.3, -0.25) is 9.59 Å². The van der Waals surface area contributed by atoms with E-state index in [2.05, 4.69) is 5.32 Å². The average Bonchev–Trinajstić information content (AvgIpc) is 2.49. The van der Waals surface area contributed by atoms with E-state index in [9.17, 15) is 9.59 Å². The number of hydrogen-bond donors (Lipinski definition) is 1. The van der Waals surface area contributed by atoms with Crippen molar-refractivity contribution in [2.24, 2.45) is 0 Å². The second kappa shape index (κ2) is 7.09. The summed E-state index contributed by atoms with van der Waals surface area (Å²) in [4.78, 5) is 22.9. The Morgan fingerprint density at radius 3 is 2.73 bits per heavy atom. The standard InChI is InChI=1S/C17H16ClNO3/c1-11-3-4-12(2)15(7-11)19-17(21)10-22-16-6-5-14(18)8-13(16)9-20/h3-9H,10H2,1-2H3,(H,19,21). The molecule has 0 aliphatic rings. The van der Waals surface area contributed by atoms with E-state index in [-0.39, 0.29) is 12.5 Å². The van der Waals surface area contributed by atoms with Crippen molar-refractivity contribution in [3.63, 3.8) is 0 Å². The maximum absolute atomic E-state index is 12.0. The summed E-state index contributed by atoms with van der Waals surface area (Å²) in [5.41, 5.74) is 3.09. The number of ether oxygens (including phenoxy) is 1. The van der Waals surface area contributed by atoms with E-state index in [1.807, 2.05) is 32.0 Å². The zero-order valence-electron chi connectivity index (χ0n) is 12.4. The molecule has 0 spiro atoms. The molecule has 114 valence electrons. The van der Waals surface area contributed by atoms with Crippen molar-refractivity contribution in [1.29, 1.82) is 0 Å². The fraction of sp³-hybridized carbons (Fsp3) is 0.176. The van der Waals surface area contributed by atoms with Crippen molar-refractivity contribution >= 4 is 29.5 Å². The minimum atomic E-state index is -0.291. The van der Waals surface area contributed by atoms with Crippen LogP contribution in [0.15, 0.2) is 36.4 Å². The molecule has 0 aliphatic carbocycles. The molecule has 1 N–H and O–H groups in total. The van der Waals surface area contributed by atoms with Gasteiger partial charge in [-0.1, -0.05) is 23.7 Å². The van der Waals surface area contributed by atoms with Crippen LogP contribution in [0, 0.1) is 13.8 Å². The van der Waals surface area contributed by atoms with Crippen LogP contribution in [-0.2, 0) is 4.79 Å². The van der Waals surface area contributed by atoms with Crippen LogP contribution >= 0.6 is 11.6 Å². The molecule has 0 heterocycles. The molecule has 1 amide bonds. The number of nitrogens with one attached hydrogen (secondary N) is 1. The average molecular weight is 318 g/mol. The molecule has 2 aromatic rings. The quantitative estimate of drug-likeness (QED) is 0.854. The molecular weight excluding hydrogens is 302 g/mol. The first kappa shape index (κ1) is 16.0. The van der Waals surface area contributed by atoms with Gasteiger partial charge in [0, 0.05) is 10.7 Å². The maximum Gasteiger partial charge on any atom is 0.262 e. The molecule has 0 atom stereocenters. The molecule has 2 rings (SSSR count). The van der Waals surface area contributed by atoms with Crippen molar-refractivity contribution in [1.82, 2.24) is 0 Å². The maximum atomic E-state index is 12.0. The lowest BCUT2D eigenvalue weighted by molar-refractivity contribution is -0.118. The highest BCUT2D eigenvalue weighted by molar-refractivity contribution is 6.30. The van der Waals surface area contributed by atoms with Crippen LogP contribution < -0.4 is 10.1 Å². The van der Waals surface area contributed by atoms with Crippen LogP contribution in [0.2, 0.25) is 5.02 Å². The monoisotopic (exact) mass is 317 g/mol. The van der Waals surface area contributed by atoms with Crippen molar-refractivity contribution in [3.8, 4) is 5.75 Å². The number of benzene rings is 2. The van der Waals surface area contributed by atoms with E-state index < -0.39 is 0 Å². The molecule has 0 bridgehead atoms. The van der Waals surface area contributed by atoms with Gasteiger partial charge in [0.2, 0.25) is 0 Å². The summed E-state index contributed by atoms with van der Waals surface area (Å²) in [6, 6.07) is 10.5. The van der Waals surface area contributed by atoms with E-state index in [1.54, 1.807) is 12.1 Å². The molecule has 0 radical (unpaired) electrons. The largest absolute Gasteiger partial charge is 0.483 e.